The van der Waals surface area contributed by atoms with Crippen molar-refractivity contribution in [1.82, 2.24) is 5.16 Å². The zero-order valence-corrected chi connectivity index (χ0v) is 8.86. The molecule has 0 aliphatic rings. The van der Waals surface area contributed by atoms with E-state index in [0.29, 0.717) is 11.3 Å². The minimum Gasteiger partial charge on any atom is -0.391 e. The van der Waals surface area contributed by atoms with E-state index >= 15 is 0 Å². The third kappa shape index (κ3) is 1.71. The first-order valence-electron chi connectivity index (χ1n) is 4.11. The SMILES string of the molecule is OCc1cnoc1-c1ccc(Br)cc1. The van der Waals surface area contributed by atoms with Gasteiger partial charge in [-0.2, -0.15) is 0 Å². The van der Waals surface area contributed by atoms with E-state index < -0.39 is 0 Å². The Hall–Kier alpha value is -1.13. The number of nitrogens with zero attached hydrogens (tertiary/aromatic N) is 1. The molecule has 4 heteroatoms. The minimum atomic E-state index is -0.0606. The quantitative estimate of drug-likeness (QED) is 0.895. The van der Waals surface area contributed by atoms with Gasteiger partial charge in [0.15, 0.2) is 5.76 Å². The molecule has 14 heavy (non-hydrogen) atoms. The molecule has 0 amide bonds. The lowest BCUT2D eigenvalue weighted by atomic mass is 10.1. The van der Waals surface area contributed by atoms with Gasteiger partial charge in [-0.1, -0.05) is 33.2 Å². The molecule has 2 aromatic rings. The summed E-state index contributed by atoms with van der Waals surface area (Å²) in [6.45, 7) is -0.0606. The largest absolute Gasteiger partial charge is 0.391 e. The molecule has 1 heterocycles. The lowest BCUT2D eigenvalue weighted by Crippen LogP contribution is -1.83. The maximum atomic E-state index is 9.01. The summed E-state index contributed by atoms with van der Waals surface area (Å²) in [6, 6.07) is 7.64. The van der Waals surface area contributed by atoms with Crippen LogP contribution in [0.1, 0.15) is 5.56 Å². The van der Waals surface area contributed by atoms with Crippen molar-refractivity contribution in [2.45, 2.75) is 6.61 Å². The van der Waals surface area contributed by atoms with Crippen LogP contribution in [0.5, 0.6) is 0 Å². The molecule has 1 aromatic carbocycles. The third-order valence-electron chi connectivity index (χ3n) is 1.92. The Morgan fingerprint density at radius 2 is 2.00 bits per heavy atom. The Labute approximate surface area is 89.5 Å². The van der Waals surface area contributed by atoms with Crippen molar-refractivity contribution in [2.75, 3.05) is 0 Å². The topological polar surface area (TPSA) is 46.3 Å². The summed E-state index contributed by atoms with van der Waals surface area (Å²) in [6.07, 6.45) is 1.53. The first-order valence-corrected chi connectivity index (χ1v) is 4.91. The highest BCUT2D eigenvalue weighted by Gasteiger charge is 2.08. The van der Waals surface area contributed by atoms with Crippen molar-refractivity contribution in [3.05, 3.63) is 40.5 Å². The van der Waals surface area contributed by atoms with Gasteiger partial charge in [-0.05, 0) is 12.1 Å². The van der Waals surface area contributed by atoms with Crippen molar-refractivity contribution in [3.8, 4) is 11.3 Å². The molecule has 0 unspecified atom stereocenters. The van der Waals surface area contributed by atoms with Gasteiger partial charge in [0.1, 0.15) is 0 Å². The van der Waals surface area contributed by atoms with Crippen LogP contribution < -0.4 is 0 Å². The van der Waals surface area contributed by atoms with Crippen LogP contribution in [0.25, 0.3) is 11.3 Å². The van der Waals surface area contributed by atoms with Gasteiger partial charge < -0.3 is 9.63 Å². The van der Waals surface area contributed by atoms with Gasteiger partial charge in [-0.25, -0.2) is 0 Å². The van der Waals surface area contributed by atoms with Crippen LogP contribution in [-0.2, 0) is 6.61 Å². The third-order valence-corrected chi connectivity index (χ3v) is 2.45. The van der Waals surface area contributed by atoms with Crippen LogP contribution in [0.3, 0.4) is 0 Å². The Morgan fingerprint density at radius 1 is 1.29 bits per heavy atom. The number of hydrogen-bond donors (Lipinski definition) is 1. The summed E-state index contributed by atoms with van der Waals surface area (Å²) in [5, 5.41) is 12.7. The van der Waals surface area contributed by atoms with E-state index in [-0.39, 0.29) is 6.61 Å². The second-order valence-electron chi connectivity index (χ2n) is 2.85. The Bertz CT molecular complexity index is 422. The summed E-state index contributed by atoms with van der Waals surface area (Å²) >= 11 is 3.35. The first-order chi connectivity index (χ1) is 6.81. The van der Waals surface area contributed by atoms with E-state index in [1.165, 1.54) is 6.20 Å². The van der Waals surface area contributed by atoms with Crippen molar-refractivity contribution < 1.29 is 9.63 Å². The molecule has 0 aliphatic heterocycles. The molecule has 2 rings (SSSR count). The van der Waals surface area contributed by atoms with Crippen molar-refractivity contribution in [2.24, 2.45) is 0 Å². The first kappa shape index (κ1) is 9.43. The predicted molar refractivity (Wildman–Crippen MR) is 55.6 cm³/mol. The van der Waals surface area contributed by atoms with Crippen LogP contribution in [-0.4, -0.2) is 10.3 Å². The van der Waals surface area contributed by atoms with Gasteiger partial charge in [-0.15, -0.1) is 0 Å². The summed E-state index contributed by atoms with van der Waals surface area (Å²) < 4.78 is 6.06. The van der Waals surface area contributed by atoms with E-state index in [9.17, 15) is 0 Å². The van der Waals surface area contributed by atoms with Gasteiger partial charge in [0.25, 0.3) is 0 Å². The number of benzene rings is 1. The zero-order valence-electron chi connectivity index (χ0n) is 7.27. The van der Waals surface area contributed by atoms with E-state index in [1.54, 1.807) is 0 Å². The Morgan fingerprint density at radius 3 is 2.64 bits per heavy atom. The van der Waals surface area contributed by atoms with Gasteiger partial charge in [0.2, 0.25) is 0 Å². The molecule has 0 bridgehead atoms. The highest BCUT2D eigenvalue weighted by Crippen LogP contribution is 2.24. The molecule has 0 radical (unpaired) electrons. The summed E-state index contributed by atoms with van der Waals surface area (Å²) in [4.78, 5) is 0. The molecular weight excluding hydrogens is 246 g/mol. The fraction of sp³-hybridized carbons (Fsp3) is 0.100. The van der Waals surface area contributed by atoms with Crippen molar-refractivity contribution in [1.29, 1.82) is 0 Å². The van der Waals surface area contributed by atoms with Gasteiger partial charge in [-0.3, -0.25) is 0 Å². The number of rotatable bonds is 2. The predicted octanol–water partition coefficient (Wildman–Crippen LogP) is 2.60. The van der Waals surface area contributed by atoms with Crippen LogP contribution in [0.2, 0.25) is 0 Å². The lowest BCUT2D eigenvalue weighted by molar-refractivity contribution is 0.281. The van der Waals surface area contributed by atoms with Crippen molar-refractivity contribution >= 4 is 15.9 Å². The van der Waals surface area contributed by atoms with Crippen molar-refractivity contribution in [3.63, 3.8) is 0 Å². The molecule has 1 aromatic heterocycles. The molecule has 72 valence electrons. The van der Waals surface area contributed by atoms with E-state index in [1.807, 2.05) is 24.3 Å². The summed E-state index contributed by atoms with van der Waals surface area (Å²) in [7, 11) is 0. The van der Waals surface area contributed by atoms with E-state index in [0.717, 1.165) is 10.0 Å². The van der Waals surface area contributed by atoms with Gasteiger partial charge >= 0.3 is 0 Å². The molecule has 0 aliphatic carbocycles. The van der Waals surface area contributed by atoms with Crippen LogP contribution in [0, 0.1) is 0 Å². The number of aliphatic hydroxyl groups is 1. The number of aliphatic hydroxyl groups excluding tert-OH is 1. The number of aromatic nitrogens is 1. The second-order valence-corrected chi connectivity index (χ2v) is 3.76. The van der Waals surface area contributed by atoms with E-state index in [2.05, 4.69) is 21.1 Å². The molecule has 0 fully saturated rings. The molecule has 0 spiro atoms. The molecule has 0 atom stereocenters. The zero-order chi connectivity index (χ0) is 9.97. The number of hydrogen-bond acceptors (Lipinski definition) is 3. The van der Waals surface area contributed by atoms with Gasteiger partial charge in [0.05, 0.1) is 12.8 Å². The number of halogens is 1. The van der Waals surface area contributed by atoms with Crippen LogP contribution in [0.4, 0.5) is 0 Å². The molecule has 1 N–H and O–H groups in total. The van der Waals surface area contributed by atoms with Gasteiger partial charge in [0, 0.05) is 15.6 Å². The van der Waals surface area contributed by atoms with E-state index in [4.69, 9.17) is 9.63 Å². The minimum absolute atomic E-state index is 0.0606. The standard InChI is InChI=1S/C10H8BrNO2/c11-9-3-1-7(2-4-9)10-8(6-13)5-12-14-10/h1-5,13H,6H2. The Kier molecular flexibility index (Phi) is 2.65. The normalized spacial score (nSPS) is 10.4. The highest BCUT2D eigenvalue weighted by molar-refractivity contribution is 9.10. The highest BCUT2D eigenvalue weighted by atomic mass is 79.9. The van der Waals surface area contributed by atoms with Crippen LogP contribution >= 0.6 is 15.9 Å². The summed E-state index contributed by atoms with van der Waals surface area (Å²) in [5.74, 6) is 0.625. The Balaban J connectivity index is 2.44. The summed E-state index contributed by atoms with van der Waals surface area (Å²) in [5.41, 5.74) is 1.61. The fourth-order valence-electron chi connectivity index (χ4n) is 1.21. The smallest absolute Gasteiger partial charge is 0.172 e. The molecule has 0 saturated carbocycles. The maximum Gasteiger partial charge on any atom is 0.172 e. The fourth-order valence-corrected chi connectivity index (χ4v) is 1.48. The maximum absolute atomic E-state index is 9.01. The monoisotopic (exact) mass is 253 g/mol. The average Bonchev–Trinajstić information content (AvgIpc) is 2.67. The van der Waals surface area contributed by atoms with Crippen LogP contribution in [0.15, 0.2) is 39.5 Å². The molecular formula is C10H8BrNO2. The molecule has 3 nitrogen and oxygen atoms in total. The second kappa shape index (κ2) is 3.94. The lowest BCUT2D eigenvalue weighted by Gasteiger charge is -1.98. The average molecular weight is 254 g/mol. The molecule has 0 saturated heterocycles.